The minimum Gasteiger partial charge on any atom is -0.308 e. The van der Waals surface area contributed by atoms with Crippen LogP contribution in [0.4, 0.5) is 0 Å². The quantitative estimate of drug-likeness (QED) is 0.923. The molecule has 0 radical (unpaired) electrons. The number of hydrogen-bond acceptors (Lipinski definition) is 4. The smallest absolute Gasteiger partial charge is 0.0332 e. The van der Waals surface area contributed by atoms with Crippen LogP contribution in [0.2, 0.25) is 0 Å². The summed E-state index contributed by atoms with van der Waals surface area (Å²) in [6, 6.07) is 2.91. The van der Waals surface area contributed by atoms with Crippen molar-refractivity contribution in [3.05, 3.63) is 21.9 Å². The maximum absolute atomic E-state index is 3.86. The van der Waals surface area contributed by atoms with Crippen LogP contribution in [-0.2, 0) is 6.42 Å². The highest BCUT2D eigenvalue weighted by Gasteiger charge is 2.30. The number of fused-ring (bicyclic) bond motifs is 1. The van der Waals surface area contributed by atoms with Gasteiger partial charge in [-0.1, -0.05) is 0 Å². The lowest BCUT2D eigenvalue weighted by Gasteiger charge is -2.44. The summed E-state index contributed by atoms with van der Waals surface area (Å²) in [5, 5.41) is 6.12. The minimum absolute atomic E-state index is 0.245. The Balaban J connectivity index is 1.57. The first-order valence-corrected chi connectivity index (χ1v) is 9.17. The van der Waals surface area contributed by atoms with Crippen LogP contribution in [0.25, 0.3) is 0 Å². The van der Waals surface area contributed by atoms with Gasteiger partial charge in [-0.25, -0.2) is 0 Å². The lowest BCUT2D eigenvalue weighted by molar-refractivity contribution is 0.0597. The molecule has 1 aromatic heterocycles. The molecule has 1 unspecified atom stereocenters. The van der Waals surface area contributed by atoms with Crippen LogP contribution in [-0.4, -0.2) is 55.1 Å². The second kappa shape index (κ2) is 6.37. The molecule has 0 saturated carbocycles. The van der Waals surface area contributed by atoms with Gasteiger partial charge < -0.3 is 10.2 Å². The number of nitrogens with zero attached hydrogens (tertiary/aromatic N) is 2. The van der Waals surface area contributed by atoms with Crippen molar-refractivity contribution in [1.82, 2.24) is 15.1 Å². The predicted molar refractivity (Wildman–Crippen MR) is 91.1 cm³/mol. The van der Waals surface area contributed by atoms with Crippen molar-refractivity contribution in [3.63, 3.8) is 0 Å². The first-order chi connectivity index (χ1) is 10.1. The topological polar surface area (TPSA) is 18.5 Å². The van der Waals surface area contributed by atoms with Gasteiger partial charge in [0.2, 0.25) is 0 Å². The van der Waals surface area contributed by atoms with Gasteiger partial charge in [-0.2, -0.15) is 0 Å². The Morgan fingerprint density at radius 3 is 2.81 bits per heavy atom. The van der Waals surface area contributed by atoms with E-state index >= 15 is 0 Å². The Labute approximate surface area is 133 Å². The van der Waals surface area contributed by atoms with Gasteiger partial charge in [-0.05, 0) is 57.2 Å². The molecule has 3 nitrogen and oxygen atoms in total. The standard InChI is InChI=1S/C17H29N3S/c1-17(2,20-10-8-19(3)9-11-20)13-18-15-5-4-6-16-14(15)7-12-21-16/h7,12,15,18H,4-6,8-11,13H2,1-3H3. The molecule has 1 N–H and O–H groups in total. The first-order valence-electron chi connectivity index (χ1n) is 8.29. The molecule has 2 heterocycles. The number of nitrogens with one attached hydrogen (secondary N) is 1. The molecule has 118 valence electrons. The Hall–Kier alpha value is -0.420. The average molecular weight is 308 g/mol. The molecule has 1 aliphatic heterocycles. The summed E-state index contributed by atoms with van der Waals surface area (Å²) in [4.78, 5) is 6.69. The highest BCUT2D eigenvalue weighted by molar-refractivity contribution is 7.10. The maximum Gasteiger partial charge on any atom is 0.0332 e. The Bertz CT molecular complexity index is 460. The molecule has 1 saturated heterocycles. The van der Waals surface area contributed by atoms with Crippen molar-refractivity contribution in [2.75, 3.05) is 39.8 Å². The van der Waals surface area contributed by atoms with E-state index < -0.39 is 0 Å². The zero-order valence-corrected chi connectivity index (χ0v) is 14.5. The van der Waals surface area contributed by atoms with Gasteiger partial charge in [0.1, 0.15) is 0 Å². The van der Waals surface area contributed by atoms with Gasteiger partial charge in [0.15, 0.2) is 0 Å². The maximum atomic E-state index is 3.86. The summed E-state index contributed by atoms with van der Waals surface area (Å²) in [5.41, 5.74) is 1.81. The van der Waals surface area contributed by atoms with E-state index in [1.807, 2.05) is 11.3 Å². The minimum atomic E-state index is 0.245. The van der Waals surface area contributed by atoms with Crippen LogP contribution >= 0.6 is 11.3 Å². The largest absolute Gasteiger partial charge is 0.308 e. The third-order valence-corrected chi connectivity index (χ3v) is 6.19. The van der Waals surface area contributed by atoms with E-state index in [0.29, 0.717) is 6.04 Å². The van der Waals surface area contributed by atoms with Crippen molar-refractivity contribution in [3.8, 4) is 0 Å². The predicted octanol–water partition coefficient (Wildman–Crippen LogP) is 2.74. The van der Waals surface area contributed by atoms with E-state index in [1.165, 1.54) is 45.4 Å². The van der Waals surface area contributed by atoms with E-state index in [1.54, 1.807) is 10.4 Å². The van der Waals surface area contributed by atoms with E-state index in [9.17, 15) is 0 Å². The molecule has 1 aromatic rings. The van der Waals surface area contributed by atoms with Crippen molar-refractivity contribution < 1.29 is 0 Å². The Kier molecular flexibility index (Phi) is 4.69. The Morgan fingerprint density at radius 2 is 2.05 bits per heavy atom. The van der Waals surface area contributed by atoms with E-state index in [2.05, 4.69) is 47.5 Å². The van der Waals surface area contributed by atoms with Crippen LogP contribution in [0, 0.1) is 0 Å². The van der Waals surface area contributed by atoms with E-state index in [0.717, 1.165) is 6.54 Å². The van der Waals surface area contributed by atoms with Crippen LogP contribution in [0.3, 0.4) is 0 Å². The molecular formula is C17H29N3S. The molecule has 0 spiro atoms. The molecule has 21 heavy (non-hydrogen) atoms. The summed E-state index contributed by atoms with van der Waals surface area (Å²) in [7, 11) is 2.22. The number of hydrogen-bond donors (Lipinski definition) is 1. The zero-order valence-electron chi connectivity index (χ0n) is 13.7. The summed E-state index contributed by atoms with van der Waals surface area (Å²) in [6.07, 6.45) is 3.91. The molecule has 1 aliphatic carbocycles. The van der Waals surface area contributed by atoms with Gasteiger partial charge in [0.05, 0.1) is 0 Å². The summed E-state index contributed by atoms with van der Waals surface area (Å²) >= 11 is 1.93. The van der Waals surface area contributed by atoms with Gasteiger partial charge in [-0.3, -0.25) is 4.90 Å². The molecule has 0 aromatic carbocycles. The first kappa shape index (κ1) is 15.5. The normalized spacial score (nSPS) is 25.0. The molecular weight excluding hydrogens is 278 g/mol. The Morgan fingerprint density at radius 1 is 1.29 bits per heavy atom. The van der Waals surface area contributed by atoms with Crippen molar-refractivity contribution in [1.29, 1.82) is 0 Å². The van der Waals surface area contributed by atoms with E-state index in [-0.39, 0.29) is 5.54 Å². The van der Waals surface area contributed by atoms with Gasteiger partial charge in [0.25, 0.3) is 0 Å². The summed E-state index contributed by atoms with van der Waals surface area (Å²) in [6.45, 7) is 10.6. The highest BCUT2D eigenvalue weighted by atomic mass is 32.1. The lowest BCUT2D eigenvalue weighted by Crippen LogP contribution is -2.57. The van der Waals surface area contributed by atoms with Crippen LogP contribution in [0.5, 0.6) is 0 Å². The molecule has 1 fully saturated rings. The van der Waals surface area contributed by atoms with E-state index in [4.69, 9.17) is 0 Å². The number of piperazine rings is 1. The molecule has 2 aliphatic rings. The fourth-order valence-electron chi connectivity index (χ4n) is 3.60. The van der Waals surface area contributed by atoms with Crippen molar-refractivity contribution >= 4 is 11.3 Å². The molecule has 3 rings (SSSR count). The second-order valence-corrected chi connectivity index (χ2v) is 8.23. The van der Waals surface area contributed by atoms with Crippen LogP contribution in [0.15, 0.2) is 11.4 Å². The molecule has 0 bridgehead atoms. The van der Waals surface area contributed by atoms with Crippen molar-refractivity contribution in [2.45, 2.75) is 44.7 Å². The SMILES string of the molecule is CN1CCN(C(C)(C)CNC2CCCc3sccc32)CC1. The zero-order chi connectivity index (χ0) is 14.9. The van der Waals surface area contributed by atoms with Gasteiger partial charge in [-0.15, -0.1) is 11.3 Å². The highest BCUT2D eigenvalue weighted by Crippen LogP contribution is 2.33. The number of aryl methyl sites for hydroxylation is 1. The number of rotatable bonds is 4. The monoisotopic (exact) mass is 307 g/mol. The lowest BCUT2D eigenvalue weighted by atomic mass is 9.92. The fraction of sp³-hybridized carbons (Fsp3) is 0.765. The molecule has 0 amide bonds. The van der Waals surface area contributed by atoms with Gasteiger partial charge in [0, 0.05) is 49.2 Å². The fourth-order valence-corrected chi connectivity index (χ4v) is 4.58. The molecule has 1 atom stereocenters. The van der Waals surface area contributed by atoms with Gasteiger partial charge >= 0.3 is 0 Å². The van der Waals surface area contributed by atoms with Crippen LogP contribution < -0.4 is 5.32 Å². The summed E-state index contributed by atoms with van der Waals surface area (Å²) in [5.74, 6) is 0. The number of thiophene rings is 1. The average Bonchev–Trinajstić information content (AvgIpc) is 2.94. The third kappa shape index (κ3) is 3.50. The van der Waals surface area contributed by atoms with Crippen molar-refractivity contribution in [2.24, 2.45) is 0 Å². The third-order valence-electron chi connectivity index (χ3n) is 5.19. The summed E-state index contributed by atoms with van der Waals surface area (Å²) < 4.78 is 0. The second-order valence-electron chi connectivity index (χ2n) is 7.23. The number of likely N-dealkylation sites (N-methyl/N-ethyl adjacent to an activating group) is 1. The molecule has 4 heteroatoms. The van der Waals surface area contributed by atoms with Crippen LogP contribution in [0.1, 0.15) is 43.2 Å².